The van der Waals surface area contributed by atoms with E-state index in [1.165, 1.54) is 19.1 Å². The number of carbonyl (C=O) groups is 7. The second kappa shape index (κ2) is 19.5. The molecule has 3 aromatic rings. The smallest absolute Gasteiger partial charge is 0.350 e. The number of aliphatic hydroxyl groups is 2. The molecule has 3 aliphatic carbocycles. The van der Waals surface area contributed by atoms with Gasteiger partial charge < -0.3 is 44.0 Å². The van der Waals surface area contributed by atoms with Gasteiger partial charge in [0.25, 0.3) is 5.91 Å². The molecule has 2 saturated carbocycles. The standard InChI is InChI=1S/C50H54BrNO15/c1-7-32(51)46(59)65-42(39(29-17-11-8-12-18-29)52-44(57)30-19-13-9-14-20-30)47(60)64-34-24-50(61)43(66-45(58)31-21-15-10-16-22-31)38-36(33(55)23-35-49(38,25-62-35)67-28(4)54)40(56)41(63-27(3)53)37(26(34)2)48(50,5)6/h8-22,32-36,38-39,41-43,55,61H,7,23-25H2,1-6H3,(H,52,57)/t32?,33-,34-,35+,36-,38+,39-,41+,42+,43-,49-,50+/m0/s1. The molecule has 1 aliphatic heterocycles. The maximum Gasteiger partial charge on any atom is 0.350 e. The molecule has 0 spiro atoms. The van der Waals surface area contributed by atoms with Crippen LogP contribution in [-0.2, 0) is 52.4 Å². The maximum absolute atomic E-state index is 15.4. The first-order valence-corrected chi connectivity index (χ1v) is 23.0. The van der Waals surface area contributed by atoms with E-state index in [0.717, 1.165) is 13.8 Å². The van der Waals surface area contributed by atoms with Crippen molar-refractivity contribution in [2.75, 3.05) is 6.61 Å². The number of ketones is 1. The van der Waals surface area contributed by atoms with Crippen LogP contribution in [0.5, 0.6) is 0 Å². The van der Waals surface area contributed by atoms with E-state index in [1.807, 2.05) is 0 Å². The first-order chi connectivity index (χ1) is 31.7. The van der Waals surface area contributed by atoms with Gasteiger partial charge in [-0.05, 0) is 54.3 Å². The third kappa shape index (κ3) is 9.18. The molecule has 1 unspecified atom stereocenters. The number of hydrogen-bond donors (Lipinski definition) is 3. The monoisotopic (exact) mass is 987 g/mol. The Hall–Kier alpha value is -5.75. The summed E-state index contributed by atoms with van der Waals surface area (Å²) in [5, 5.41) is 28.5. The quantitative estimate of drug-likeness (QED) is 0.0880. The summed E-state index contributed by atoms with van der Waals surface area (Å²) in [6.45, 7) is 8.25. The Kier molecular flexibility index (Phi) is 14.3. The third-order valence-corrected chi connectivity index (χ3v) is 14.7. The molecule has 67 heavy (non-hydrogen) atoms. The lowest BCUT2D eigenvalue weighted by atomic mass is 9.48. The molecule has 356 valence electrons. The molecule has 2 bridgehead atoms. The Morgan fingerprint density at radius 2 is 1.45 bits per heavy atom. The van der Waals surface area contributed by atoms with Crippen LogP contribution in [0.4, 0.5) is 0 Å². The number of benzene rings is 3. The van der Waals surface area contributed by atoms with Gasteiger partial charge in [-0.15, -0.1) is 0 Å². The van der Waals surface area contributed by atoms with E-state index < -0.39 is 124 Å². The lowest BCUT2D eigenvalue weighted by Crippen LogP contribution is -2.79. The number of ether oxygens (including phenoxy) is 6. The molecular formula is C50H54BrNO15. The van der Waals surface area contributed by atoms with E-state index in [2.05, 4.69) is 21.2 Å². The summed E-state index contributed by atoms with van der Waals surface area (Å²) < 4.78 is 36.4. The number of halogens is 1. The first kappa shape index (κ1) is 49.2. The van der Waals surface area contributed by atoms with Crippen molar-refractivity contribution in [2.45, 2.75) is 119 Å². The number of rotatable bonds is 13. The molecule has 12 atom stereocenters. The molecule has 0 radical (unpaired) electrons. The highest BCUT2D eigenvalue weighted by Crippen LogP contribution is 2.61. The van der Waals surface area contributed by atoms with Crippen molar-refractivity contribution in [2.24, 2.45) is 17.3 Å². The van der Waals surface area contributed by atoms with E-state index >= 15 is 9.59 Å². The van der Waals surface area contributed by atoms with Gasteiger partial charge in [0.15, 0.2) is 17.5 Å². The van der Waals surface area contributed by atoms with Gasteiger partial charge in [0.05, 0.1) is 30.1 Å². The van der Waals surface area contributed by atoms with E-state index in [9.17, 15) is 34.2 Å². The third-order valence-electron chi connectivity index (χ3n) is 13.7. The lowest BCUT2D eigenvalue weighted by molar-refractivity contribution is -0.332. The SMILES string of the molecule is CCC(Br)C(=O)O[C@@H](C(=O)O[C@H]1C[C@@]2(O)[C@@H](OC(=O)c3ccccc3)[C@H]3[C@@H](C(=O)[C@H](OC(C)=O)C(=C1C)C2(C)C)[C@@H](O)C[C@H]1OC[C@@]31OC(C)=O)[C@@H](NC(=O)c1ccccc1)c1ccccc1. The topological polar surface area (TPSA) is 227 Å². The zero-order valence-electron chi connectivity index (χ0n) is 37.8. The average molecular weight is 989 g/mol. The van der Waals surface area contributed by atoms with Crippen LogP contribution in [0.1, 0.15) is 93.1 Å². The zero-order valence-corrected chi connectivity index (χ0v) is 39.4. The van der Waals surface area contributed by atoms with Gasteiger partial charge in [0.1, 0.15) is 34.8 Å². The van der Waals surface area contributed by atoms with Crippen molar-refractivity contribution in [1.82, 2.24) is 5.32 Å². The maximum atomic E-state index is 15.4. The van der Waals surface area contributed by atoms with Gasteiger partial charge in [-0.2, -0.15) is 0 Å². The molecule has 0 aromatic heterocycles. The Bertz CT molecular complexity index is 2430. The minimum atomic E-state index is -2.42. The summed E-state index contributed by atoms with van der Waals surface area (Å²) in [5.74, 6) is -9.26. The van der Waals surface area contributed by atoms with Crippen LogP contribution in [-0.4, -0.2) is 111 Å². The highest BCUT2D eigenvalue weighted by atomic mass is 79.9. The molecule has 4 aliphatic rings. The number of carbonyl (C=O) groups excluding carboxylic acids is 7. The van der Waals surface area contributed by atoms with Crippen molar-refractivity contribution in [3.63, 3.8) is 0 Å². The fourth-order valence-electron chi connectivity index (χ4n) is 10.3. The molecule has 17 heteroatoms. The number of amides is 1. The number of alkyl halides is 1. The van der Waals surface area contributed by atoms with Crippen molar-refractivity contribution in [1.29, 1.82) is 0 Å². The normalized spacial score (nSPS) is 29.6. The fourth-order valence-corrected chi connectivity index (χ4v) is 10.4. The molecule has 3 fully saturated rings. The van der Waals surface area contributed by atoms with E-state index in [-0.39, 0.29) is 41.7 Å². The molecule has 1 amide bonds. The van der Waals surface area contributed by atoms with Gasteiger partial charge in [-0.1, -0.05) is 103 Å². The highest BCUT2D eigenvalue weighted by molar-refractivity contribution is 9.10. The minimum absolute atomic E-state index is 0.0174. The van der Waals surface area contributed by atoms with Crippen molar-refractivity contribution in [3.05, 3.63) is 119 Å². The van der Waals surface area contributed by atoms with Gasteiger partial charge in [-0.3, -0.25) is 24.0 Å². The molecule has 3 aromatic carbocycles. The van der Waals surface area contributed by atoms with Gasteiger partial charge >= 0.3 is 29.8 Å². The van der Waals surface area contributed by atoms with Crippen LogP contribution < -0.4 is 5.32 Å². The second-order valence-electron chi connectivity index (χ2n) is 18.0. The Labute approximate surface area is 395 Å². The summed E-state index contributed by atoms with van der Waals surface area (Å²) in [5.41, 5.74) is -5.09. The molecule has 1 heterocycles. The molecule has 1 saturated heterocycles. The Morgan fingerprint density at radius 3 is 2.00 bits per heavy atom. The first-order valence-electron chi connectivity index (χ1n) is 22.1. The van der Waals surface area contributed by atoms with Crippen LogP contribution in [0.25, 0.3) is 0 Å². The van der Waals surface area contributed by atoms with Gasteiger partial charge in [0.2, 0.25) is 6.10 Å². The van der Waals surface area contributed by atoms with Crippen molar-refractivity contribution >= 4 is 57.5 Å². The highest BCUT2D eigenvalue weighted by Gasteiger charge is 2.75. The summed E-state index contributed by atoms with van der Waals surface area (Å²) in [7, 11) is 0. The number of aliphatic hydroxyl groups excluding tert-OH is 1. The predicted molar refractivity (Wildman–Crippen MR) is 240 cm³/mol. The zero-order chi connectivity index (χ0) is 48.6. The van der Waals surface area contributed by atoms with Gasteiger partial charge in [-0.25, -0.2) is 9.59 Å². The number of hydrogen-bond acceptors (Lipinski definition) is 15. The summed E-state index contributed by atoms with van der Waals surface area (Å²) in [6.07, 6.45) is -10.2. The average Bonchev–Trinajstić information content (AvgIpc) is 3.30. The summed E-state index contributed by atoms with van der Waals surface area (Å²) in [6, 6.07) is 22.9. The van der Waals surface area contributed by atoms with Crippen molar-refractivity contribution < 1.29 is 72.2 Å². The van der Waals surface area contributed by atoms with Gasteiger partial charge in [0, 0.05) is 37.7 Å². The van der Waals surface area contributed by atoms with Crippen LogP contribution in [0.2, 0.25) is 0 Å². The fraction of sp³-hybridized carbons (Fsp3) is 0.460. The number of nitrogens with one attached hydrogen (secondary N) is 1. The van der Waals surface area contributed by atoms with Crippen LogP contribution in [0.3, 0.4) is 0 Å². The number of fused-ring (bicyclic) bond motifs is 5. The predicted octanol–water partition coefficient (Wildman–Crippen LogP) is 5.07. The molecule has 16 nitrogen and oxygen atoms in total. The largest absolute Gasteiger partial charge is 0.455 e. The van der Waals surface area contributed by atoms with E-state index in [1.54, 1.807) is 99.6 Å². The lowest BCUT2D eigenvalue weighted by Gasteiger charge is -2.64. The van der Waals surface area contributed by atoms with E-state index in [0.29, 0.717) is 5.56 Å². The number of Topliss-reactive ketones (excluding diaryl/α,β-unsaturated/α-hetero) is 1. The van der Waals surface area contributed by atoms with Crippen LogP contribution in [0.15, 0.2) is 102 Å². The minimum Gasteiger partial charge on any atom is -0.455 e. The van der Waals surface area contributed by atoms with Crippen LogP contribution >= 0.6 is 15.9 Å². The molecule has 7 rings (SSSR count). The molecule has 3 N–H and O–H groups in total. The van der Waals surface area contributed by atoms with Crippen LogP contribution in [0, 0.1) is 17.3 Å². The van der Waals surface area contributed by atoms with Crippen molar-refractivity contribution in [3.8, 4) is 0 Å². The Balaban J connectivity index is 1.41. The summed E-state index contributed by atoms with van der Waals surface area (Å²) in [4.78, 5) is 97.4. The number of esters is 5. The Morgan fingerprint density at radius 1 is 0.851 bits per heavy atom. The van der Waals surface area contributed by atoms with E-state index in [4.69, 9.17) is 28.4 Å². The second-order valence-corrected chi connectivity index (χ2v) is 19.1. The molecular weight excluding hydrogens is 934 g/mol. The summed E-state index contributed by atoms with van der Waals surface area (Å²) >= 11 is 3.30.